The summed E-state index contributed by atoms with van der Waals surface area (Å²) in [6.45, 7) is 2.05. The van der Waals surface area contributed by atoms with Gasteiger partial charge < -0.3 is 25.4 Å². The molecular weight excluding hydrogens is 392 g/mol. The molecule has 5 rings (SSSR count). The van der Waals surface area contributed by atoms with E-state index in [-0.39, 0.29) is 34.3 Å². The van der Waals surface area contributed by atoms with Crippen molar-refractivity contribution in [2.45, 2.75) is 72.2 Å². The van der Waals surface area contributed by atoms with Crippen molar-refractivity contribution in [3.63, 3.8) is 0 Å². The summed E-state index contributed by atoms with van der Waals surface area (Å²) in [5, 5.41) is 28.4. The average Bonchev–Trinajstić information content (AvgIpc) is 3.32. The number of thioether (sulfide) groups is 1. The number of nitrogens with zero attached hydrogens (tertiary/aromatic N) is 1. The fourth-order valence-corrected chi connectivity index (χ4v) is 7.65. The second kappa shape index (κ2) is 7.54. The first-order chi connectivity index (χ1) is 13.0. The molecule has 6 unspecified atom stereocenters. The second-order valence-corrected chi connectivity index (χ2v) is 10.5. The highest BCUT2D eigenvalue weighted by molar-refractivity contribution is 8.02. The number of hydrogen-bond donors (Lipinski definition) is 5. The van der Waals surface area contributed by atoms with Crippen molar-refractivity contribution in [1.82, 2.24) is 15.5 Å². The van der Waals surface area contributed by atoms with Gasteiger partial charge in [0.05, 0.1) is 23.1 Å². The Hall–Kier alpha value is 0.320. The first-order valence-electron chi connectivity index (χ1n) is 9.95. The Labute approximate surface area is 168 Å². The van der Waals surface area contributed by atoms with E-state index in [9.17, 15) is 10.2 Å². The summed E-state index contributed by atoms with van der Waals surface area (Å²) in [4.78, 5) is 2.12. The van der Waals surface area contributed by atoms with E-state index in [4.69, 9.17) is 26.8 Å². The van der Waals surface area contributed by atoms with Crippen LogP contribution in [0.2, 0.25) is 0 Å². The van der Waals surface area contributed by atoms with E-state index in [2.05, 4.69) is 15.5 Å². The van der Waals surface area contributed by atoms with Gasteiger partial charge in [-0.15, -0.1) is 23.4 Å². The third-order valence-electron chi connectivity index (χ3n) is 6.90. The van der Waals surface area contributed by atoms with Gasteiger partial charge in [-0.3, -0.25) is 15.5 Å². The van der Waals surface area contributed by atoms with Crippen molar-refractivity contribution >= 4 is 23.4 Å². The Morgan fingerprint density at radius 3 is 2.85 bits per heavy atom. The van der Waals surface area contributed by atoms with E-state index in [0.29, 0.717) is 19.2 Å². The number of aliphatic hydroxyl groups is 2. The van der Waals surface area contributed by atoms with Gasteiger partial charge in [-0.05, 0) is 25.2 Å². The third kappa shape index (κ3) is 3.24. The van der Waals surface area contributed by atoms with Crippen LogP contribution in [0.1, 0.15) is 19.3 Å². The summed E-state index contributed by atoms with van der Waals surface area (Å²) in [6.07, 6.45) is -0.415. The van der Waals surface area contributed by atoms with Gasteiger partial charge in [-0.25, -0.2) is 0 Å². The molecular formula is C17H29ClN4O4S. The van der Waals surface area contributed by atoms with E-state index in [1.807, 2.05) is 0 Å². The van der Waals surface area contributed by atoms with Gasteiger partial charge in [0.25, 0.3) is 0 Å². The molecule has 5 aliphatic heterocycles. The molecule has 5 heterocycles. The topological polar surface area (TPSA) is 112 Å². The molecule has 0 bridgehead atoms. The summed E-state index contributed by atoms with van der Waals surface area (Å²) < 4.78 is 12.4. The van der Waals surface area contributed by atoms with E-state index < -0.39 is 24.5 Å². The minimum Gasteiger partial charge on any atom is -0.387 e. The Morgan fingerprint density at radius 1 is 1.15 bits per heavy atom. The van der Waals surface area contributed by atoms with Crippen LogP contribution in [0.25, 0.3) is 0 Å². The average molecular weight is 421 g/mol. The normalized spacial score (nSPS) is 56.2. The molecule has 6 N–H and O–H groups in total. The first-order valence-corrected chi connectivity index (χ1v) is 11.3. The van der Waals surface area contributed by atoms with Crippen LogP contribution in [-0.4, -0.2) is 87.9 Å². The molecule has 5 aliphatic rings. The van der Waals surface area contributed by atoms with Gasteiger partial charge in [0.2, 0.25) is 0 Å². The number of aliphatic hydroxyl groups excluding tert-OH is 2. The van der Waals surface area contributed by atoms with Gasteiger partial charge in [-0.1, -0.05) is 0 Å². The quantitative estimate of drug-likeness (QED) is 0.359. The second-order valence-electron chi connectivity index (χ2n) is 8.35. The van der Waals surface area contributed by atoms with Crippen LogP contribution in [0.15, 0.2) is 0 Å². The number of halogens is 1. The van der Waals surface area contributed by atoms with Gasteiger partial charge in [-0.2, -0.15) is 0 Å². The van der Waals surface area contributed by atoms with Crippen molar-refractivity contribution in [2.75, 3.05) is 19.8 Å². The Balaban J connectivity index is 1.32. The monoisotopic (exact) mass is 420 g/mol. The minimum absolute atomic E-state index is 0.0416. The zero-order valence-electron chi connectivity index (χ0n) is 15.1. The number of likely N-dealkylation sites (tertiary alicyclic amines) is 1. The molecule has 0 spiro atoms. The number of alkyl halides is 1. The van der Waals surface area contributed by atoms with Crippen LogP contribution in [0.3, 0.4) is 0 Å². The van der Waals surface area contributed by atoms with Crippen LogP contribution in [0, 0.1) is 11.8 Å². The van der Waals surface area contributed by atoms with E-state index in [1.165, 1.54) is 0 Å². The summed E-state index contributed by atoms with van der Waals surface area (Å²) in [7, 11) is 0. The molecule has 5 fully saturated rings. The van der Waals surface area contributed by atoms with Gasteiger partial charge in [0, 0.05) is 31.0 Å². The molecule has 0 amide bonds. The molecule has 0 saturated carbocycles. The zero-order valence-corrected chi connectivity index (χ0v) is 16.7. The van der Waals surface area contributed by atoms with Crippen molar-refractivity contribution in [2.24, 2.45) is 17.6 Å². The number of ether oxygens (including phenoxy) is 2. The number of nitrogens with one attached hydrogen (secondary N) is 2. The molecule has 10 heteroatoms. The zero-order chi connectivity index (χ0) is 18.7. The van der Waals surface area contributed by atoms with Crippen LogP contribution < -0.4 is 16.4 Å². The number of rotatable bonds is 2. The third-order valence-corrected chi connectivity index (χ3v) is 8.84. The molecule has 11 atom stereocenters. The van der Waals surface area contributed by atoms with E-state index >= 15 is 0 Å². The molecule has 5 saturated heterocycles. The van der Waals surface area contributed by atoms with Crippen LogP contribution in [-0.2, 0) is 9.47 Å². The Kier molecular flexibility index (Phi) is 5.38. The molecule has 154 valence electrons. The molecule has 0 aromatic carbocycles. The fourth-order valence-electron chi connectivity index (χ4n) is 5.50. The van der Waals surface area contributed by atoms with Crippen LogP contribution >= 0.6 is 23.4 Å². The summed E-state index contributed by atoms with van der Waals surface area (Å²) in [6, 6.07) is 0. The summed E-state index contributed by atoms with van der Waals surface area (Å²) in [5.41, 5.74) is 6.19. The van der Waals surface area contributed by atoms with Gasteiger partial charge in [0.1, 0.15) is 24.5 Å². The van der Waals surface area contributed by atoms with E-state index in [1.54, 1.807) is 11.8 Å². The molecule has 0 aromatic heterocycles. The maximum absolute atomic E-state index is 10.8. The lowest BCUT2D eigenvalue weighted by Gasteiger charge is -2.40. The van der Waals surface area contributed by atoms with Crippen molar-refractivity contribution < 1.29 is 19.7 Å². The van der Waals surface area contributed by atoms with Gasteiger partial charge >= 0.3 is 0 Å². The molecule has 0 radical (unpaired) electrons. The number of fused-ring (bicyclic) bond motifs is 2. The standard InChI is InChI=1S/C17H29ClN4O4S/c18-9-5-7-2-4-25-13(14(7)27-9)12-10(23)11(24)17(26-12)22-3-1-8-15(19)20-6-21-16(8)22/h7-17,20-21,23-24H,1-6,19H2/t7?,8?,9?,10-,11+,12-,13+,14?,15?,16?,17+/m0/s1. The molecule has 27 heavy (non-hydrogen) atoms. The SMILES string of the molecule is NC1NCNC2C1CCN2[C@@H]1O[C@H]([C@H]2OCCC3CC(Cl)SC32)[C@@H](O)[C@H]1O. The Morgan fingerprint density at radius 2 is 2.00 bits per heavy atom. The first kappa shape index (κ1) is 19.3. The lowest BCUT2D eigenvalue weighted by Crippen LogP contribution is -2.64. The summed E-state index contributed by atoms with van der Waals surface area (Å²) in [5.74, 6) is 0.743. The largest absolute Gasteiger partial charge is 0.387 e. The highest BCUT2D eigenvalue weighted by atomic mass is 35.5. The lowest BCUT2D eigenvalue weighted by molar-refractivity contribution is -0.148. The fraction of sp³-hybridized carbons (Fsp3) is 1.00. The highest BCUT2D eigenvalue weighted by Gasteiger charge is 2.56. The smallest absolute Gasteiger partial charge is 0.141 e. The van der Waals surface area contributed by atoms with Crippen molar-refractivity contribution in [1.29, 1.82) is 0 Å². The molecule has 0 aliphatic carbocycles. The van der Waals surface area contributed by atoms with Crippen LogP contribution in [0.5, 0.6) is 0 Å². The highest BCUT2D eigenvalue weighted by Crippen LogP contribution is 2.49. The van der Waals surface area contributed by atoms with E-state index in [0.717, 1.165) is 25.8 Å². The predicted octanol–water partition coefficient (Wildman–Crippen LogP) is -1.01. The molecule has 0 aromatic rings. The maximum atomic E-state index is 10.8. The van der Waals surface area contributed by atoms with Gasteiger partial charge in [0.15, 0.2) is 0 Å². The number of hydrogen-bond acceptors (Lipinski definition) is 9. The number of nitrogens with two attached hydrogens (primary N) is 1. The van der Waals surface area contributed by atoms with Crippen LogP contribution in [0.4, 0.5) is 0 Å². The maximum Gasteiger partial charge on any atom is 0.141 e. The lowest BCUT2D eigenvalue weighted by atomic mass is 9.89. The summed E-state index contributed by atoms with van der Waals surface area (Å²) >= 11 is 8.08. The minimum atomic E-state index is -0.969. The van der Waals surface area contributed by atoms with Crippen molar-refractivity contribution in [3.05, 3.63) is 0 Å². The predicted molar refractivity (Wildman–Crippen MR) is 102 cm³/mol. The van der Waals surface area contributed by atoms with Crippen molar-refractivity contribution in [3.8, 4) is 0 Å². The molecule has 8 nitrogen and oxygen atoms in total. The Bertz CT molecular complexity index is 565.